The van der Waals surface area contributed by atoms with Gasteiger partial charge < -0.3 is 0 Å². The van der Waals surface area contributed by atoms with Crippen molar-refractivity contribution in [2.24, 2.45) is 0 Å². The molecule has 0 saturated carbocycles. The van der Waals surface area contributed by atoms with Crippen LogP contribution in [0.25, 0.3) is 17.0 Å². The van der Waals surface area contributed by atoms with Crippen LogP contribution in [0.4, 0.5) is 0 Å². The molecule has 0 saturated heterocycles. The second-order valence-electron chi connectivity index (χ2n) is 3.53. The number of aromatic nitrogens is 1. The molecule has 16 heavy (non-hydrogen) atoms. The molecule has 4 heteroatoms. The van der Waals surface area contributed by atoms with E-state index in [9.17, 15) is 8.42 Å². The summed E-state index contributed by atoms with van der Waals surface area (Å²) in [7, 11) is -3.25. The van der Waals surface area contributed by atoms with Crippen LogP contribution in [-0.2, 0) is 9.84 Å². The summed E-state index contributed by atoms with van der Waals surface area (Å²) in [5.41, 5.74) is 1.39. The fourth-order valence-corrected chi connectivity index (χ4v) is 2.49. The minimum absolute atomic E-state index is 0.258. The molecule has 2 aromatic rings. The fourth-order valence-electron chi connectivity index (χ4n) is 1.65. The Labute approximate surface area is 94.4 Å². The van der Waals surface area contributed by atoms with Crippen molar-refractivity contribution in [1.82, 2.24) is 4.98 Å². The minimum Gasteiger partial charge on any atom is -0.255 e. The van der Waals surface area contributed by atoms with Crippen molar-refractivity contribution in [2.45, 2.75) is 4.90 Å². The van der Waals surface area contributed by atoms with Crippen LogP contribution in [-0.4, -0.2) is 19.7 Å². The zero-order valence-electron chi connectivity index (χ0n) is 8.84. The number of hydrogen-bond donors (Lipinski definition) is 0. The predicted octanol–water partition coefficient (Wildman–Crippen LogP) is 2.28. The van der Waals surface area contributed by atoms with Crippen molar-refractivity contribution >= 4 is 26.8 Å². The molecular formula is C12H11NO2S. The molecule has 2 rings (SSSR count). The molecule has 0 atom stereocenters. The molecular weight excluding hydrogens is 222 g/mol. The Morgan fingerprint density at radius 3 is 2.69 bits per heavy atom. The van der Waals surface area contributed by atoms with Gasteiger partial charge in [0.2, 0.25) is 0 Å². The smallest absolute Gasteiger partial charge is 0.177 e. The van der Waals surface area contributed by atoms with E-state index in [1.807, 2.05) is 6.07 Å². The second kappa shape index (κ2) is 3.72. The van der Waals surface area contributed by atoms with Gasteiger partial charge in [0, 0.05) is 17.8 Å². The average molecular weight is 233 g/mol. The lowest BCUT2D eigenvalue weighted by molar-refractivity contribution is 0.602. The third kappa shape index (κ3) is 1.72. The van der Waals surface area contributed by atoms with E-state index in [2.05, 4.69) is 11.6 Å². The number of pyridine rings is 1. The molecule has 0 bridgehead atoms. The zero-order valence-corrected chi connectivity index (χ0v) is 9.66. The van der Waals surface area contributed by atoms with Gasteiger partial charge in [-0.15, -0.1) is 0 Å². The topological polar surface area (TPSA) is 47.0 Å². The standard InChI is InChI=1S/C12H11NO2S/c1-3-9-7-8-13-12-10(9)5-4-6-11(12)16(2,14)15/h3-8H,1H2,2H3. The summed E-state index contributed by atoms with van der Waals surface area (Å²) in [6.07, 6.45) is 4.47. The van der Waals surface area contributed by atoms with Gasteiger partial charge in [-0.05, 0) is 17.7 Å². The van der Waals surface area contributed by atoms with E-state index in [0.717, 1.165) is 10.9 Å². The molecule has 0 spiro atoms. The number of fused-ring (bicyclic) bond motifs is 1. The molecule has 0 amide bonds. The van der Waals surface area contributed by atoms with Gasteiger partial charge in [0.25, 0.3) is 0 Å². The Kier molecular flexibility index (Phi) is 2.52. The third-order valence-corrected chi connectivity index (χ3v) is 3.52. The van der Waals surface area contributed by atoms with Crippen molar-refractivity contribution in [2.75, 3.05) is 6.26 Å². The SMILES string of the molecule is C=Cc1ccnc2c(S(C)(=O)=O)cccc12. The maximum absolute atomic E-state index is 11.6. The van der Waals surface area contributed by atoms with Gasteiger partial charge in [0.05, 0.1) is 10.4 Å². The molecule has 1 aromatic carbocycles. The Morgan fingerprint density at radius 2 is 2.06 bits per heavy atom. The lowest BCUT2D eigenvalue weighted by Gasteiger charge is -2.05. The monoisotopic (exact) mass is 233 g/mol. The summed E-state index contributed by atoms with van der Waals surface area (Å²) in [5.74, 6) is 0. The first-order valence-corrected chi connectivity index (χ1v) is 6.63. The molecule has 0 N–H and O–H groups in total. The first kappa shape index (κ1) is 10.8. The zero-order chi connectivity index (χ0) is 11.8. The summed E-state index contributed by atoms with van der Waals surface area (Å²) in [4.78, 5) is 4.39. The lowest BCUT2D eigenvalue weighted by Crippen LogP contribution is -1.99. The van der Waals surface area contributed by atoms with Gasteiger partial charge in [-0.3, -0.25) is 4.98 Å². The number of rotatable bonds is 2. The van der Waals surface area contributed by atoms with Crippen LogP contribution in [0.3, 0.4) is 0 Å². The van der Waals surface area contributed by atoms with Crippen molar-refractivity contribution in [3.8, 4) is 0 Å². The van der Waals surface area contributed by atoms with Crippen molar-refractivity contribution < 1.29 is 8.42 Å². The second-order valence-corrected chi connectivity index (χ2v) is 5.51. The van der Waals surface area contributed by atoms with E-state index in [4.69, 9.17) is 0 Å². The minimum atomic E-state index is -3.25. The maximum Gasteiger partial charge on any atom is 0.177 e. The molecule has 3 nitrogen and oxygen atoms in total. The van der Waals surface area contributed by atoms with Crippen LogP contribution in [0.1, 0.15) is 5.56 Å². The number of sulfone groups is 1. The lowest BCUT2D eigenvalue weighted by atomic mass is 10.1. The highest BCUT2D eigenvalue weighted by Gasteiger charge is 2.13. The van der Waals surface area contributed by atoms with Crippen LogP contribution < -0.4 is 0 Å². The molecule has 0 fully saturated rings. The van der Waals surface area contributed by atoms with Gasteiger partial charge in [-0.1, -0.05) is 24.8 Å². The van der Waals surface area contributed by atoms with Gasteiger partial charge >= 0.3 is 0 Å². The van der Waals surface area contributed by atoms with E-state index in [0.29, 0.717) is 5.52 Å². The first-order chi connectivity index (χ1) is 7.54. The Balaban J connectivity index is 2.95. The number of hydrogen-bond acceptors (Lipinski definition) is 3. The van der Waals surface area contributed by atoms with Gasteiger partial charge in [0.1, 0.15) is 0 Å². The maximum atomic E-state index is 11.6. The van der Waals surface area contributed by atoms with Gasteiger partial charge in [-0.25, -0.2) is 8.42 Å². The normalized spacial score (nSPS) is 11.6. The molecule has 0 aliphatic carbocycles. The predicted molar refractivity (Wildman–Crippen MR) is 64.9 cm³/mol. The number of benzene rings is 1. The molecule has 1 aromatic heterocycles. The van der Waals surface area contributed by atoms with Crippen molar-refractivity contribution in [3.63, 3.8) is 0 Å². The molecule has 0 aliphatic heterocycles. The summed E-state index contributed by atoms with van der Waals surface area (Å²) < 4.78 is 23.2. The van der Waals surface area contributed by atoms with Crippen LogP contribution >= 0.6 is 0 Å². The Morgan fingerprint density at radius 1 is 1.31 bits per heavy atom. The third-order valence-electron chi connectivity index (χ3n) is 2.39. The van der Waals surface area contributed by atoms with E-state index in [-0.39, 0.29) is 4.90 Å². The highest BCUT2D eigenvalue weighted by Crippen LogP contribution is 2.24. The molecule has 1 heterocycles. The number of para-hydroxylation sites is 1. The van der Waals surface area contributed by atoms with E-state index < -0.39 is 9.84 Å². The largest absolute Gasteiger partial charge is 0.255 e. The Bertz CT molecular complexity index is 660. The summed E-state index contributed by atoms with van der Waals surface area (Å²) >= 11 is 0. The average Bonchev–Trinajstić information content (AvgIpc) is 2.26. The van der Waals surface area contributed by atoms with Crippen molar-refractivity contribution in [3.05, 3.63) is 42.6 Å². The highest BCUT2D eigenvalue weighted by atomic mass is 32.2. The Hall–Kier alpha value is -1.68. The van der Waals surface area contributed by atoms with Crippen LogP contribution in [0.2, 0.25) is 0 Å². The summed E-state index contributed by atoms with van der Waals surface area (Å²) in [6.45, 7) is 3.70. The molecule has 0 aliphatic rings. The van der Waals surface area contributed by atoms with E-state index in [1.54, 1.807) is 30.5 Å². The van der Waals surface area contributed by atoms with Crippen LogP contribution in [0, 0.1) is 0 Å². The summed E-state index contributed by atoms with van der Waals surface area (Å²) in [6, 6.07) is 6.93. The van der Waals surface area contributed by atoms with Gasteiger partial charge in [-0.2, -0.15) is 0 Å². The van der Waals surface area contributed by atoms with Crippen LogP contribution in [0.15, 0.2) is 41.9 Å². The van der Waals surface area contributed by atoms with Crippen LogP contribution in [0.5, 0.6) is 0 Å². The highest BCUT2D eigenvalue weighted by molar-refractivity contribution is 7.91. The van der Waals surface area contributed by atoms with E-state index in [1.165, 1.54) is 6.26 Å². The van der Waals surface area contributed by atoms with E-state index >= 15 is 0 Å². The molecule has 0 unspecified atom stereocenters. The number of nitrogens with zero attached hydrogens (tertiary/aromatic N) is 1. The quantitative estimate of drug-likeness (QED) is 0.799. The first-order valence-electron chi connectivity index (χ1n) is 4.74. The molecule has 82 valence electrons. The fraction of sp³-hybridized carbons (Fsp3) is 0.0833. The summed E-state index contributed by atoms with van der Waals surface area (Å²) in [5, 5.41) is 0.806. The van der Waals surface area contributed by atoms with Gasteiger partial charge in [0.15, 0.2) is 9.84 Å². The molecule has 0 radical (unpaired) electrons. The van der Waals surface area contributed by atoms with Crippen molar-refractivity contribution in [1.29, 1.82) is 0 Å².